The number of piperidine rings is 1. The van der Waals surface area contributed by atoms with Crippen LogP contribution in [0.15, 0.2) is 29.2 Å². The van der Waals surface area contributed by atoms with Gasteiger partial charge in [0.2, 0.25) is 21.8 Å². The quantitative estimate of drug-likeness (QED) is 0.759. The van der Waals surface area contributed by atoms with Crippen LogP contribution in [0.5, 0.6) is 0 Å². The molecule has 1 atom stereocenters. The van der Waals surface area contributed by atoms with Crippen LogP contribution in [0.3, 0.4) is 0 Å². The summed E-state index contributed by atoms with van der Waals surface area (Å²) in [6.07, 6.45) is 1.09. The number of amides is 2. The first-order chi connectivity index (χ1) is 12.2. The van der Waals surface area contributed by atoms with Gasteiger partial charge in [0, 0.05) is 19.1 Å². The van der Waals surface area contributed by atoms with E-state index in [1.54, 1.807) is 0 Å². The molecular formula is C17H24FN3O4S. The van der Waals surface area contributed by atoms with E-state index in [1.165, 1.54) is 16.4 Å². The largest absolute Gasteiger partial charge is 0.352 e. The summed E-state index contributed by atoms with van der Waals surface area (Å²) in [5, 5.41) is 5.22. The number of carbonyl (C=O) groups excluding carboxylic acids is 2. The van der Waals surface area contributed by atoms with Gasteiger partial charge in [-0.2, -0.15) is 4.31 Å². The Morgan fingerprint density at radius 3 is 2.54 bits per heavy atom. The zero-order valence-corrected chi connectivity index (χ0v) is 15.7. The Labute approximate surface area is 153 Å². The summed E-state index contributed by atoms with van der Waals surface area (Å²) in [5.74, 6) is -1.67. The SMILES string of the molecule is CC(C)NC(=O)CNC(=O)C1CCCN(S(=O)(=O)c2ccc(F)cc2)C1. The molecule has 0 aromatic heterocycles. The molecule has 0 bridgehead atoms. The standard InChI is InChI=1S/C17H24FN3O4S/c1-12(2)20-16(22)10-19-17(23)13-4-3-9-21(11-13)26(24,25)15-7-5-14(18)6-8-15/h5-8,12-13H,3-4,9-11H2,1-2H3,(H,19,23)(H,20,22). The molecule has 0 aliphatic carbocycles. The highest BCUT2D eigenvalue weighted by molar-refractivity contribution is 7.89. The molecule has 1 aromatic carbocycles. The van der Waals surface area contributed by atoms with Crippen molar-refractivity contribution in [3.8, 4) is 0 Å². The Bertz CT molecular complexity index is 750. The molecule has 9 heteroatoms. The van der Waals surface area contributed by atoms with E-state index in [0.29, 0.717) is 19.4 Å². The second kappa shape index (κ2) is 8.59. The number of hydrogen-bond acceptors (Lipinski definition) is 4. The van der Waals surface area contributed by atoms with Gasteiger partial charge in [-0.15, -0.1) is 0 Å². The number of nitrogens with one attached hydrogen (secondary N) is 2. The van der Waals surface area contributed by atoms with E-state index >= 15 is 0 Å². The number of sulfonamides is 1. The first-order valence-electron chi connectivity index (χ1n) is 8.53. The van der Waals surface area contributed by atoms with Crippen molar-refractivity contribution < 1.29 is 22.4 Å². The fourth-order valence-corrected chi connectivity index (χ4v) is 4.34. The van der Waals surface area contributed by atoms with Crippen molar-refractivity contribution in [2.24, 2.45) is 5.92 Å². The third kappa shape index (κ3) is 5.25. The summed E-state index contributed by atoms with van der Waals surface area (Å²) in [4.78, 5) is 23.9. The molecule has 1 aromatic rings. The van der Waals surface area contributed by atoms with Gasteiger partial charge in [0.05, 0.1) is 17.4 Å². The van der Waals surface area contributed by atoms with E-state index < -0.39 is 21.8 Å². The molecule has 2 rings (SSSR count). The van der Waals surface area contributed by atoms with Crippen molar-refractivity contribution in [1.29, 1.82) is 0 Å². The van der Waals surface area contributed by atoms with Gasteiger partial charge in [-0.3, -0.25) is 9.59 Å². The predicted octanol–water partition coefficient (Wildman–Crippen LogP) is 0.867. The second-order valence-electron chi connectivity index (χ2n) is 6.60. The Morgan fingerprint density at radius 2 is 1.92 bits per heavy atom. The predicted molar refractivity (Wildman–Crippen MR) is 94.2 cm³/mol. The molecule has 1 aliphatic rings. The van der Waals surface area contributed by atoms with Crippen molar-refractivity contribution in [2.45, 2.75) is 37.6 Å². The molecule has 0 saturated carbocycles. The van der Waals surface area contributed by atoms with Crippen molar-refractivity contribution in [1.82, 2.24) is 14.9 Å². The summed E-state index contributed by atoms with van der Waals surface area (Å²) in [6, 6.07) is 4.59. The third-order valence-electron chi connectivity index (χ3n) is 4.08. The summed E-state index contributed by atoms with van der Waals surface area (Å²) in [6.45, 7) is 3.84. The Hall–Kier alpha value is -2.00. The fourth-order valence-electron chi connectivity index (χ4n) is 2.82. The fraction of sp³-hybridized carbons (Fsp3) is 0.529. The minimum Gasteiger partial charge on any atom is -0.352 e. The minimum absolute atomic E-state index is 0.00345. The van der Waals surface area contributed by atoms with E-state index in [4.69, 9.17) is 0 Å². The first-order valence-corrected chi connectivity index (χ1v) is 9.97. The Kier molecular flexibility index (Phi) is 6.71. The van der Waals surface area contributed by atoms with Gasteiger partial charge in [-0.25, -0.2) is 12.8 Å². The topological polar surface area (TPSA) is 95.6 Å². The van der Waals surface area contributed by atoms with E-state index in [0.717, 1.165) is 12.1 Å². The highest BCUT2D eigenvalue weighted by atomic mass is 32.2. The number of benzene rings is 1. The van der Waals surface area contributed by atoms with Crippen LogP contribution in [0.2, 0.25) is 0 Å². The van der Waals surface area contributed by atoms with Crippen LogP contribution in [-0.2, 0) is 19.6 Å². The van der Waals surface area contributed by atoms with Gasteiger partial charge in [-0.1, -0.05) is 0 Å². The number of rotatable bonds is 6. The molecule has 2 amide bonds. The zero-order chi connectivity index (χ0) is 19.3. The van der Waals surface area contributed by atoms with Gasteiger partial charge in [-0.05, 0) is 51.0 Å². The summed E-state index contributed by atoms with van der Waals surface area (Å²) in [7, 11) is -3.79. The average molecular weight is 385 g/mol. The second-order valence-corrected chi connectivity index (χ2v) is 8.53. The molecular weight excluding hydrogens is 361 g/mol. The van der Waals surface area contributed by atoms with E-state index in [1.807, 2.05) is 13.8 Å². The van der Waals surface area contributed by atoms with Gasteiger partial charge in [0.25, 0.3) is 0 Å². The lowest BCUT2D eigenvalue weighted by atomic mass is 9.99. The third-order valence-corrected chi connectivity index (χ3v) is 5.96. The molecule has 1 saturated heterocycles. The van der Waals surface area contributed by atoms with Crippen LogP contribution in [0.1, 0.15) is 26.7 Å². The van der Waals surface area contributed by atoms with E-state index in [9.17, 15) is 22.4 Å². The molecule has 1 aliphatic heterocycles. The van der Waals surface area contributed by atoms with Crippen molar-refractivity contribution >= 4 is 21.8 Å². The van der Waals surface area contributed by atoms with Crippen molar-refractivity contribution in [3.63, 3.8) is 0 Å². The van der Waals surface area contributed by atoms with Gasteiger partial charge in [0.1, 0.15) is 5.82 Å². The maximum atomic E-state index is 13.0. The summed E-state index contributed by atoms with van der Waals surface area (Å²) in [5.41, 5.74) is 0. The smallest absolute Gasteiger partial charge is 0.243 e. The number of nitrogens with zero attached hydrogens (tertiary/aromatic N) is 1. The molecule has 0 radical (unpaired) electrons. The summed E-state index contributed by atoms with van der Waals surface area (Å²) < 4.78 is 39.6. The number of halogens is 1. The highest BCUT2D eigenvalue weighted by Crippen LogP contribution is 2.24. The number of carbonyl (C=O) groups is 2. The number of hydrogen-bond donors (Lipinski definition) is 2. The lowest BCUT2D eigenvalue weighted by Gasteiger charge is -2.31. The molecule has 7 nitrogen and oxygen atoms in total. The van der Waals surface area contributed by atoms with Crippen LogP contribution >= 0.6 is 0 Å². The summed E-state index contributed by atoms with van der Waals surface area (Å²) >= 11 is 0. The molecule has 1 unspecified atom stereocenters. The van der Waals surface area contributed by atoms with Gasteiger partial charge < -0.3 is 10.6 Å². The molecule has 1 fully saturated rings. The van der Waals surface area contributed by atoms with E-state index in [-0.39, 0.29) is 35.8 Å². The molecule has 144 valence electrons. The lowest BCUT2D eigenvalue weighted by molar-refractivity contribution is -0.129. The first kappa shape index (κ1) is 20.3. The maximum absolute atomic E-state index is 13.0. The van der Waals surface area contributed by atoms with Crippen LogP contribution in [0.4, 0.5) is 4.39 Å². The van der Waals surface area contributed by atoms with Crippen molar-refractivity contribution in [3.05, 3.63) is 30.1 Å². The molecule has 26 heavy (non-hydrogen) atoms. The van der Waals surface area contributed by atoms with Crippen LogP contribution in [-0.4, -0.2) is 50.2 Å². The van der Waals surface area contributed by atoms with Crippen LogP contribution in [0.25, 0.3) is 0 Å². The van der Waals surface area contributed by atoms with Crippen molar-refractivity contribution in [2.75, 3.05) is 19.6 Å². The minimum atomic E-state index is -3.79. The monoisotopic (exact) mass is 385 g/mol. The Morgan fingerprint density at radius 1 is 1.27 bits per heavy atom. The molecule has 2 N–H and O–H groups in total. The average Bonchev–Trinajstić information content (AvgIpc) is 2.59. The molecule has 1 heterocycles. The Balaban J connectivity index is 1.98. The van der Waals surface area contributed by atoms with Gasteiger partial charge >= 0.3 is 0 Å². The normalized spacial score (nSPS) is 18.5. The van der Waals surface area contributed by atoms with Crippen LogP contribution < -0.4 is 10.6 Å². The maximum Gasteiger partial charge on any atom is 0.243 e. The zero-order valence-electron chi connectivity index (χ0n) is 14.9. The van der Waals surface area contributed by atoms with Gasteiger partial charge in [0.15, 0.2) is 0 Å². The van der Waals surface area contributed by atoms with E-state index in [2.05, 4.69) is 10.6 Å². The molecule has 0 spiro atoms. The highest BCUT2D eigenvalue weighted by Gasteiger charge is 2.33. The van der Waals surface area contributed by atoms with Crippen LogP contribution in [0, 0.1) is 11.7 Å². The lowest BCUT2D eigenvalue weighted by Crippen LogP contribution is -2.47.